The molecule has 0 spiro atoms. The lowest BCUT2D eigenvalue weighted by atomic mass is 10.0. The molecule has 1 saturated heterocycles. The maximum absolute atomic E-state index is 13.2. The van der Waals surface area contributed by atoms with Crippen LogP contribution in [0.15, 0.2) is 53.4 Å². The summed E-state index contributed by atoms with van der Waals surface area (Å²) in [6.07, 6.45) is -0.387. The molecule has 0 radical (unpaired) electrons. The van der Waals surface area contributed by atoms with Crippen LogP contribution in [0.25, 0.3) is 0 Å². The second-order valence-corrected chi connectivity index (χ2v) is 8.42. The number of aromatic hydroxyl groups is 1. The van der Waals surface area contributed by atoms with Gasteiger partial charge in [0.1, 0.15) is 5.75 Å². The maximum Gasteiger partial charge on any atom is 0.243 e. The Bertz CT molecular complexity index is 848. The van der Waals surface area contributed by atoms with Gasteiger partial charge in [0.25, 0.3) is 0 Å². The van der Waals surface area contributed by atoms with Gasteiger partial charge in [0, 0.05) is 13.1 Å². The van der Waals surface area contributed by atoms with Crippen LogP contribution < -0.4 is 0 Å². The van der Waals surface area contributed by atoms with Gasteiger partial charge in [-0.05, 0) is 35.2 Å². The van der Waals surface area contributed by atoms with Crippen LogP contribution in [0.5, 0.6) is 5.75 Å². The number of hydrogen-bond acceptors (Lipinski definition) is 4. The molecule has 2 aromatic carbocycles. The van der Waals surface area contributed by atoms with E-state index < -0.39 is 10.0 Å². The lowest BCUT2D eigenvalue weighted by Crippen LogP contribution is -2.42. The molecule has 0 aliphatic carbocycles. The quantitative estimate of drug-likeness (QED) is 0.907. The van der Waals surface area contributed by atoms with Crippen molar-refractivity contribution in [2.45, 2.75) is 30.8 Å². The van der Waals surface area contributed by atoms with Crippen molar-refractivity contribution in [1.29, 1.82) is 0 Å². The van der Waals surface area contributed by atoms with Gasteiger partial charge in [-0.2, -0.15) is 4.31 Å². The molecule has 1 fully saturated rings. The van der Waals surface area contributed by atoms with Gasteiger partial charge in [-0.3, -0.25) is 0 Å². The molecule has 1 atom stereocenters. The van der Waals surface area contributed by atoms with E-state index in [-0.39, 0.29) is 24.3 Å². The number of phenolic OH excluding ortho intramolecular Hbond substituents is 1. The summed E-state index contributed by atoms with van der Waals surface area (Å²) in [5.74, 6) is 0.264. The van der Waals surface area contributed by atoms with Gasteiger partial charge in [-0.1, -0.05) is 44.2 Å². The average molecular weight is 361 g/mol. The summed E-state index contributed by atoms with van der Waals surface area (Å²) in [5, 5.41) is 9.66. The summed E-state index contributed by atoms with van der Waals surface area (Å²) < 4.78 is 33.6. The van der Waals surface area contributed by atoms with Gasteiger partial charge in [-0.15, -0.1) is 0 Å². The van der Waals surface area contributed by atoms with Crippen LogP contribution in [-0.2, 0) is 14.8 Å². The fourth-order valence-corrected chi connectivity index (χ4v) is 4.88. The molecule has 0 aromatic heterocycles. The van der Waals surface area contributed by atoms with Crippen LogP contribution in [0.3, 0.4) is 0 Å². The molecule has 0 bridgehead atoms. The van der Waals surface area contributed by atoms with Gasteiger partial charge >= 0.3 is 0 Å². The van der Waals surface area contributed by atoms with Crippen molar-refractivity contribution in [1.82, 2.24) is 4.31 Å². The first-order valence-electron chi connectivity index (χ1n) is 8.39. The fourth-order valence-electron chi connectivity index (χ4n) is 3.10. The Morgan fingerprint density at radius 3 is 2.64 bits per heavy atom. The van der Waals surface area contributed by atoms with Gasteiger partial charge in [0.05, 0.1) is 17.6 Å². The minimum Gasteiger partial charge on any atom is -0.508 e. The van der Waals surface area contributed by atoms with E-state index in [9.17, 15) is 13.5 Å². The molecule has 1 aliphatic heterocycles. The van der Waals surface area contributed by atoms with Crippen molar-refractivity contribution in [3.05, 3.63) is 59.7 Å². The number of sulfonamides is 1. The van der Waals surface area contributed by atoms with E-state index in [1.54, 1.807) is 30.3 Å². The van der Waals surface area contributed by atoms with E-state index >= 15 is 0 Å². The van der Waals surface area contributed by atoms with Crippen LogP contribution in [0.2, 0.25) is 0 Å². The largest absolute Gasteiger partial charge is 0.508 e. The van der Waals surface area contributed by atoms with Gasteiger partial charge < -0.3 is 9.84 Å². The van der Waals surface area contributed by atoms with E-state index in [1.807, 2.05) is 32.0 Å². The summed E-state index contributed by atoms with van der Waals surface area (Å²) in [6, 6.07) is 13.9. The Morgan fingerprint density at radius 1 is 1.16 bits per heavy atom. The Kier molecular flexibility index (Phi) is 5.13. The lowest BCUT2D eigenvalue weighted by molar-refractivity contribution is -0.00266. The minimum absolute atomic E-state index is 0.119. The summed E-state index contributed by atoms with van der Waals surface area (Å²) >= 11 is 0. The zero-order valence-electron chi connectivity index (χ0n) is 14.4. The average Bonchev–Trinajstić information content (AvgIpc) is 2.62. The van der Waals surface area contributed by atoms with Crippen molar-refractivity contribution in [3.8, 4) is 5.75 Å². The van der Waals surface area contributed by atoms with E-state index in [4.69, 9.17) is 4.74 Å². The number of phenols is 1. The van der Waals surface area contributed by atoms with E-state index in [0.29, 0.717) is 18.0 Å². The highest BCUT2D eigenvalue weighted by molar-refractivity contribution is 7.89. The number of ether oxygens (including phenoxy) is 1. The SMILES string of the molecule is CC(C)c1ccccc1S(=O)(=O)N1CCOC(c2cccc(O)c2)C1. The zero-order chi connectivity index (χ0) is 18.0. The number of morpholine rings is 1. The first-order valence-corrected chi connectivity index (χ1v) is 9.83. The van der Waals surface area contributed by atoms with Gasteiger partial charge in [0.2, 0.25) is 10.0 Å². The van der Waals surface area contributed by atoms with Crippen molar-refractivity contribution in [2.24, 2.45) is 0 Å². The molecule has 134 valence electrons. The monoisotopic (exact) mass is 361 g/mol. The maximum atomic E-state index is 13.2. The smallest absolute Gasteiger partial charge is 0.243 e. The second-order valence-electron chi connectivity index (χ2n) is 6.51. The highest BCUT2D eigenvalue weighted by atomic mass is 32.2. The molecular formula is C19H23NO4S. The fraction of sp³-hybridized carbons (Fsp3) is 0.368. The van der Waals surface area contributed by atoms with Gasteiger partial charge in [0.15, 0.2) is 0 Å². The Hall–Kier alpha value is -1.89. The van der Waals surface area contributed by atoms with Crippen molar-refractivity contribution >= 4 is 10.0 Å². The first kappa shape index (κ1) is 17.9. The van der Waals surface area contributed by atoms with Crippen molar-refractivity contribution in [3.63, 3.8) is 0 Å². The number of nitrogens with zero attached hydrogens (tertiary/aromatic N) is 1. The first-order chi connectivity index (χ1) is 11.9. The predicted octanol–water partition coefficient (Wildman–Crippen LogP) is 3.28. The molecule has 0 amide bonds. The van der Waals surface area contributed by atoms with Crippen molar-refractivity contribution < 1.29 is 18.3 Å². The summed E-state index contributed by atoms with van der Waals surface area (Å²) in [6.45, 7) is 4.86. The zero-order valence-corrected chi connectivity index (χ0v) is 15.2. The van der Waals surface area contributed by atoms with Crippen LogP contribution in [0, 0.1) is 0 Å². The molecule has 25 heavy (non-hydrogen) atoms. The van der Waals surface area contributed by atoms with Crippen molar-refractivity contribution in [2.75, 3.05) is 19.7 Å². The van der Waals surface area contributed by atoms with E-state index in [1.165, 1.54) is 4.31 Å². The number of benzene rings is 2. The summed E-state index contributed by atoms with van der Waals surface area (Å²) in [4.78, 5) is 0.363. The molecule has 2 aromatic rings. The Balaban J connectivity index is 1.90. The van der Waals surface area contributed by atoms with Crippen LogP contribution in [-0.4, -0.2) is 37.5 Å². The standard InChI is InChI=1S/C19H23NO4S/c1-14(2)17-8-3-4-9-19(17)25(22,23)20-10-11-24-18(13-20)15-6-5-7-16(21)12-15/h3-9,12,14,18,21H,10-11,13H2,1-2H3. The third-order valence-electron chi connectivity index (χ3n) is 4.43. The number of hydrogen-bond donors (Lipinski definition) is 1. The normalized spacial score (nSPS) is 19.2. The molecular weight excluding hydrogens is 338 g/mol. The Labute approximate surface area is 148 Å². The van der Waals surface area contributed by atoms with Crippen LogP contribution in [0.4, 0.5) is 0 Å². The number of rotatable bonds is 4. The third kappa shape index (κ3) is 3.71. The predicted molar refractivity (Wildman–Crippen MR) is 96.1 cm³/mol. The van der Waals surface area contributed by atoms with Gasteiger partial charge in [-0.25, -0.2) is 8.42 Å². The molecule has 6 heteroatoms. The van der Waals surface area contributed by atoms with E-state index in [0.717, 1.165) is 11.1 Å². The van der Waals surface area contributed by atoms with E-state index in [2.05, 4.69) is 0 Å². The molecule has 1 heterocycles. The van der Waals surface area contributed by atoms with Crippen LogP contribution in [0.1, 0.15) is 37.0 Å². The minimum atomic E-state index is -3.60. The Morgan fingerprint density at radius 2 is 1.92 bits per heavy atom. The van der Waals surface area contributed by atoms with Crippen LogP contribution >= 0.6 is 0 Å². The highest BCUT2D eigenvalue weighted by Crippen LogP contribution is 2.31. The molecule has 1 N–H and O–H groups in total. The lowest BCUT2D eigenvalue weighted by Gasteiger charge is -2.33. The summed E-state index contributed by atoms with van der Waals surface area (Å²) in [5.41, 5.74) is 1.60. The molecule has 0 saturated carbocycles. The molecule has 3 rings (SSSR count). The molecule has 1 unspecified atom stereocenters. The summed E-state index contributed by atoms with van der Waals surface area (Å²) in [7, 11) is -3.60. The topological polar surface area (TPSA) is 66.8 Å². The molecule has 5 nitrogen and oxygen atoms in total. The third-order valence-corrected chi connectivity index (χ3v) is 6.37. The highest BCUT2D eigenvalue weighted by Gasteiger charge is 2.33. The second kappa shape index (κ2) is 7.15. The molecule has 1 aliphatic rings.